The summed E-state index contributed by atoms with van der Waals surface area (Å²) >= 11 is 6.13. The van der Waals surface area contributed by atoms with E-state index >= 15 is 0 Å². The van der Waals surface area contributed by atoms with Crippen LogP contribution in [0.15, 0.2) is 36.4 Å². The molecule has 110 valence electrons. The molecule has 3 rings (SSSR count). The maximum Gasteiger partial charge on any atom is 0.127 e. The first-order chi connectivity index (χ1) is 10.1. The summed E-state index contributed by atoms with van der Waals surface area (Å²) < 4.78 is 5.94. The van der Waals surface area contributed by atoms with Gasteiger partial charge in [-0.05, 0) is 49.9 Å². The topological polar surface area (TPSA) is 21.3 Å². The number of rotatable bonds is 2. The van der Waals surface area contributed by atoms with E-state index < -0.39 is 0 Å². The van der Waals surface area contributed by atoms with Crippen molar-refractivity contribution in [3.05, 3.63) is 58.1 Å². The van der Waals surface area contributed by atoms with Gasteiger partial charge in [0.2, 0.25) is 0 Å². The molecule has 1 aliphatic heterocycles. The Morgan fingerprint density at radius 1 is 1.14 bits per heavy atom. The standard InChI is InChI=1S/C18H20ClNO/c1-12-8-9-14(19)11-17(12)20-16-7-4-10-21-18-13(2)5-3-6-15(16)18/h3,5-6,8-9,11,16,20H,4,7,10H2,1-2H3. The van der Waals surface area contributed by atoms with Crippen LogP contribution in [-0.4, -0.2) is 6.61 Å². The van der Waals surface area contributed by atoms with Crippen LogP contribution in [0.5, 0.6) is 5.75 Å². The van der Waals surface area contributed by atoms with Crippen molar-refractivity contribution in [3.8, 4) is 5.75 Å². The Morgan fingerprint density at radius 3 is 2.86 bits per heavy atom. The van der Waals surface area contributed by atoms with E-state index in [9.17, 15) is 0 Å². The van der Waals surface area contributed by atoms with Crippen LogP contribution >= 0.6 is 11.6 Å². The first-order valence-corrected chi connectivity index (χ1v) is 7.78. The van der Waals surface area contributed by atoms with Crippen LogP contribution in [0.25, 0.3) is 0 Å². The summed E-state index contributed by atoms with van der Waals surface area (Å²) in [4.78, 5) is 0. The fourth-order valence-electron chi connectivity index (χ4n) is 2.85. The zero-order chi connectivity index (χ0) is 14.8. The fraction of sp³-hybridized carbons (Fsp3) is 0.333. The Labute approximate surface area is 131 Å². The van der Waals surface area contributed by atoms with Gasteiger partial charge < -0.3 is 10.1 Å². The molecule has 2 aromatic rings. The maximum atomic E-state index is 6.13. The minimum Gasteiger partial charge on any atom is -0.493 e. The highest BCUT2D eigenvalue weighted by atomic mass is 35.5. The van der Waals surface area contributed by atoms with Crippen molar-refractivity contribution >= 4 is 17.3 Å². The van der Waals surface area contributed by atoms with Crippen molar-refractivity contribution in [2.75, 3.05) is 11.9 Å². The number of fused-ring (bicyclic) bond motifs is 1. The summed E-state index contributed by atoms with van der Waals surface area (Å²) in [6.07, 6.45) is 2.10. The molecule has 21 heavy (non-hydrogen) atoms. The van der Waals surface area contributed by atoms with Crippen LogP contribution in [0, 0.1) is 13.8 Å². The summed E-state index contributed by atoms with van der Waals surface area (Å²) in [5, 5.41) is 4.41. The third-order valence-electron chi connectivity index (χ3n) is 4.03. The van der Waals surface area contributed by atoms with E-state index in [1.54, 1.807) is 0 Å². The van der Waals surface area contributed by atoms with Gasteiger partial charge in [-0.15, -0.1) is 0 Å². The average molecular weight is 302 g/mol. The fourth-order valence-corrected chi connectivity index (χ4v) is 3.02. The summed E-state index contributed by atoms with van der Waals surface area (Å²) in [5.41, 5.74) is 4.75. The number of nitrogens with one attached hydrogen (secondary N) is 1. The Bertz CT molecular complexity index is 654. The number of hydrogen-bond donors (Lipinski definition) is 1. The SMILES string of the molecule is Cc1ccc(Cl)cc1NC1CCCOc2c(C)cccc21. The largest absolute Gasteiger partial charge is 0.493 e. The monoisotopic (exact) mass is 301 g/mol. The number of aryl methyl sites for hydroxylation is 2. The van der Waals surface area contributed by atoms with Crippen molar-refractivity contribution in [2.24, 2.45) is 0 Å². The van der Waals surface area contributed by atoms with E-state index in [1.807, 2.05) is 12.1 Å². The lowest BCUT2D eigenvalue weighted by Gasteiger charge is -2.21. The van der Waals surface area contributed by atoms with Crippen LogP contribution in [0.2, 0.25) is 5.02 Å². The van der Waals surface area contributed by atoms with Gasteiger partial charge in [0.15, 0.2) is 0 Å². The molecule has 1 aliphatic rings. The summed E-state index contributed by atoms with van der Waals surface area (Å²) in [7, 11) is 0. The molecule has 0 radical (unpaired) electrons. The van der Waals surface area contributed by atoms with Gasteiger partial charge in [-0.3, -0.25) is 0 Å². The molecule has 0 saturated heterocycles. The van der Waals surface area contributed by atoms with E-state index in [4.69, 9.17) is 16.3 Å². The van der Waals surface area contributed by atoms with Crippen LogP contribution in [0.4, 0.5) is 5.69 Å². The lowest BCUT2D eigenvalue weighted by Crippen LogP contribution is -2.11. The van der Waals surface area contributed by atoms with E-state index in [2.05, 4.69) is 43.4 Å². The van der Waals surface area contributed by atoms with Crippen molar-refractivity contribution in [1.29, 1.82) is 0 Å². The number of benzene rings is 2. The highest BCUT2D eigenvalue weighted by Crippen LogP contribution is 2.36. The normalized spacial score (nSPS) is 17.6. The molecule has 0 aromatic heterocycles. The molecule has 1 atom stereocenters. The molecule has 0 amide bonds. The van der Waals surface area contributed by atoms with Crippen molar-refractivity contribution < 1.29 is 4.74 Å². The quantitative estimate of drug-likeness (QED) is 0.814. The third-order valence-corrected chi connectivity index (χ3v) is 4.27. The van der Waals surface area contributed by atoms with Crippen LogP contribution in [-0.2, 0) is 0 Å². The van der Waals surface area contributed by atoms with Crippen molar-refractivity contribution in [1.82, 2.24) is 0 Å². The molecule has 2 nitrogen and oxygen atoms in total. The second kappa shape index (κ2) is 5.98. The number of para-hydroxylation sites is 1. The molecule has 2 aromatic carbocycles. The van der Waals surface area contributed by atoms with Crippen molar-refractivity contribution in [3.63, 3.8) is 0 Å². The minimum absolute atomic E-state index is 0.263. The summed E-state index contributed by atoms with van der Waals surface area (Å²) in [6, 6.07) is 12.6. The van der Waals surface area contributed by atoms with Crippen LogP contribution in [0.1, 0.15) is 35.6 Å². The molecule has 0 spiro atoms. The Hall–Kier alpha value is -1.67. The summed E-state index contributed by atoms with van der Waals surface area (Å²) in [5.74, 6) is 1.03. The molecule has 1 N–H and O–H groups in total. The number of ether oxygens (including phenoxy) is 1. The molecule has 3 heteroatoms. The molecule has 0 saturated carbocycles. The highest BCUT2D eigenvalue weighted by molar-refractivity contribution is 6.30. The minimum atomic E-state index is 0.263. The lowest BCUT2D eigenvalue weighted by molar-refractivity contribution is 0.314. The molecule has 0 aliphatic carbocycles. The lowest BCUT2D eigenvalue weighted by atomic mass is 9.99. The zero-order valence-corrected chi connectivity index (χ0v) is 13.2. The molecule has 0 bridgehead atoms. The van der Waals surface area contributed by atoms with E-state index in [0.717, 1.165) is 35.9 Å². The third kappa shape index (κ3) is 3.01. The van der Waals surface area contributed by atoms with Gasteiger partial charge in [0.1, 0.15) is 5.75 Å². The molecule has 1 unspecified atom stereocenters. The molecule has 1 heterocycles. The van der Waals surface area contributed by atoms with Gasteiger partial charge in [-0.1, -0.05) is 35.9 Å². The van der Waals surface area contributed by atoms with Crippen LogP contribution in [0.3, 0.4) is 0 Å². The van der Waals surface area contributed by atoms with Crippen molar-refractivity contribution in [2.45, 2.75) is 32.7 Å². The van der Waals surface area contributed by atoms with Gasteiger partial charge in [-0.2, -0.15) is 0 Å². The predicted molar refractivity (Wildman–Crippen MR) is 88.5 cm³/mol. The molecule has 0 fully saturated rings. The number of halogens is 1. The second-order valence-electron chi connectivity index (χ2n) is 5.64. The first kappa shape index (κ1) is 14.3. The van der Waals surface area contributed by atoms with E-state index in [1.165, 1.54) is 16.7 Å². The first-order valence-electron chi connectivity index (χ1n) is 7.40. The Kier molecular flexibility index (Phi) is 4.07. The molecular weight excluding hydrogens is 282 g/mol. The van der Waals surface area contributed by atoms with Gasteiger partial charge in [-0.25, -0.2) is 0 Å². The van der Waals surface area contributed by atoms with Gasteiger partial charge in [0.05, 0.1) is 12.6 Å². The van der Waals surface area contributed by atoms with Gasteiger partial charge in [0, 0.05) is 16.3 Å². The Morgan fingerprint density at radius 2 is 2.00 bits per heavy atom. The van der Waals surface area contributed by atoms with Gasteiger partial charge in [0.25, 0.3) is 0 Å². The highest BCUT2D eigenvalue weighted by Gasteiger charge is 2.21. The second-order valence-corrected chi connectivity index (χ2v) is 6.08. The number of hydrogen-bond acceptors (Lipinski definition) is 2. The smallest absolute Gasteiger partial charge is 0.127 e. The summed E-state index contributed by atoms with van der Waals surface area (Å²) in [6.45, 7) is 4.99. The van der Waals surface area contributed by atoms with Gasteiger partial charge >= 0.3 is 0 Å². The van der Waals surface area contributed by atoms with E-state index in [0.29, 0.717) is 0 Å². The number of anilines is 1. The Balaban J connectivity index is 1.96. The van der Waals surface area contributed by atoms with Crippen LogP contribution < -0.4 is 10.1 Å². The molecular formula is C18H20ClNO. The maximum absolute atomic E-state index is 6.13. The zero-order valence-electron chi connectivity index (χ0n) is 12.4. The van der Waals surface area contributed by atoms with E-state index in [-0.39, 0.29) is 6.04 Å². The average Bonchev–Trinajstić information content (AvgIpc) is 2.67. The predicted octanol–water partition coefficient (Wildman–Crippen LogP) is 5.28.